The van der Waals surface area contributed by atoms with E-state index in [1.165, 1.54) is 77.7 Å². The second kappa shape index (κ2) is 5.48. The molecule has 0 amide bonds. The fourth-order valence-corrected chi connectivity index (χ4v) is 4.22. The standard InChI is InChI=1S/C15H29N3/c1-17-11-5-14(6-12-17)18-10-4-9-16-15(13-18)7-2-3-8-15/h14,16H,2-13H2,1H3. The maximum atomic E-state index is 3.88. The third kappa shape index (κ3) is 2.73. The molecule has 104 valence electrons. The molecule has 0 aromatic carbocycles. The van der Waals surface area contributed by atoms with E-state index < -0.39 is 0 Å². The summed E-state index contributed by atoms with van der Waals surface area (Å²) >= 11 is 0. The van der Waals surface area contributed by atoms with Gasteiger partial charge in [0.25, 0.3) is 0 Å². The van der Waals surface area contributed by atoms with Gasteiger partial charge in [-0.3, -0.25) is 4.90 Å². The van der Waals surface area contributed by atoms with Gasteiger partial charge in [-0.1, -0.05) is 12.8 Å². The van der Waals surface area contributed by atoms with Gasteiger partial charge in [-0.05, 0) is 65.3 Å². The van der Waals surface area contributed by atoms with Gasteiger partial charge in [0.2, 0.25) is 0 Å². The molecule has 0 aromatic rings. The van der Waals surface area contributed by atoms with E-state index in [-0.39, 0.29) is 0 Å². The number of piperidine rings is 1. The van der Waals surface area contributed by atoms with Crippen molar-refractivity contribution >= 4 is 0 Å². The van der Waals surface area contributed by atoms with Crippen molar-refractivity contribution in [3.05, 3.63) is 0 Å². The lowest BCUT2D eigenvalue weighted by atomic mass is 9.95. The van der Waals surface area contributed by atoms with Crippen LogP contribution in [0.5, 0.6) is 0 Å². The molecule has 0 unspecified atom stereocenters. The van der Waals surface area contributed by atoms with Crippen molar-refractivity contribution in [3.8, 4) is 0 Å². The highest BCUT2D eigenvalue weighted by atomic mass is 15.2. The van der Waals surface area contributed by atoms with Crippen LogP contribution in [0, 0.1) is 0 Å². The van der Waals surface area contributed by atoms with Crippen LogP contribution in [0.3, 0.4) is 0 Å². The summed E-state index contributed by atoms with van der Waals surface area (Å²) < 4.78 is 0. The first-order valence-electron chi connectivity index (χ1n) is 7.95. The molecular weight excluding hydrogens is 222 g/mol. The molecule has 0 aromatic heterocycles. The van der Waals surface area contributed by atoms with Crippen LogP contribution in [0.4, 0.5) is 0 Å². The van der Waals surface area contributed by atoms with Gasteiger partial charge in [0.15, 0.2) is 0 Å². The van der Waals surface area contributed by atoms with Crippen molar-refractivity contribution in [3.63, 3.8) is 0 Å². The lowest BCUT2D eigenvalue weighted by molar-refractivity contribution is 0.101. The van der Waals surface area contributed by atoms with Crippen LogP contribution in [0.25, 0.3) is 0 Å². The summed E-state index contributed by atoms with van der Waals surface area (Å²) in [5.41, 5.74) is 0.486. The summed E-state index contributed by atoms with van der Waals surface area (Å²) in [6.07, 6.45) is 9.81. The molecule has 1 saturated carbocycles. The molecule has 3 nitrogen and oxygen atoms in total. The molecule has 3 aliphatic rings. The van der Waals surface area contributed by atoms with Gasteiger partial charge in [-0.15, -0.1) is 0 Å². The van der Waals surface area contributed by atoms with Crippen LogP contribution in [0.1, 0.15) is 44.9 Å². The first-order valence-corrected chi connectivity index (χ1v) is 7.95. The number of likely N-dealkylation sites (tertiary alicyclic amines) is 1. The van der Waals surface area contributed by atoms with E-state index in [1.807, 2.05) is 0 Å². The van der Waals surface area contributed by atoms with Gasteiger partial charge in [0, 0.05) is 18.1 Å². The highest BCUT2D eigenvalue weighted by molar-refractivity contribution is 4.98. The number of rotatable bonds is 1. The van der Waals surface area contributed by atoms with Gasteiger partial charge in [-0.25, -0.2) is 0 Å². The zero-order chi connectivity index (χ0) is 12.4. The second-order valence-electron chi connectivity index (χ2n) is 6.77. The zero-order valence-corrected chi connectivity index (χ0v) is 12.0. The lowest BCUT2D eigenvalue weighted by Crippen LogP contribution is -2.53. The Hall–Kier alpha value is -0.120. The molecule has 1 aliphatic carbocycles. The molecule has 3 heteroatoms. The van der Waals surface area contributed by atoms with Gasteiger partial charge in [0.1, 0.15) is 0 Å². The van der Waals surface area contributed by atoms with Crippen LogP contribution < -0.4 is 5.32 Å². The van der Waals surface area contributed by atoms with Crippen LogP contribution in [0.15, 0.2) is 0 Å². The maximum absolute atomic E-state index is 3.88. The summed E-state index contributed by atoms with van der Waals surface area (Å²) in [6.45, 7) is 6.47. The average molecular weight is 251 g/mol. The predicted molar refractivity (Wildman–Crippen MR) is 75.9 cm³/mol. The van der Waals surface area contributed by atoms with E-state index in [0.29, 0.717) is 5.54 Å². The minimum Gasteiger partial charge on any atom is -0.310 e. The molecule has 2 aliphatic heterocycles. The number of nitrogens with zero attached hydrogens (tertiary/aromatic N) is 2. The zero-order valence-electron chi connectivity index (χ0n) is 12.0. The molecule has 1 spiro atoms. The Balaban J connectivity index is 1.63. The largest absolute Gasteiger partial charge is 0.310 e. The lowest BCUT2D eigenvalue weighted by Gasteiger charge is -2.40. The van der Waals surface area contributed by atoms with Crippen molar-refractivity contribution in [2.24, 2.45) is 0 Å². The number of hydrogen-bond donors (Lipinski definition) is 1. The first-order chi connectivity index (χ1) is 8.77. The molecule has 1 N–H and O–H groups in total. The molecule has 0 atom stereocenters. The fourth-order valence-electron chi connectivity index (χ4n) is 4.22. The van der Waals surface area contributed by atoms with Gasteiger partial charge >= 0.3 is 0 Å². The Bertz CT molecular complexity index is 265. The molecule has 3 rings (SSSR count). The highest BCUT2D eigenvalue weighted by Crippen LogP contribution is 2.33. The average Bonchev–Trinajstić information content (AvgIpc) is 2.72. The third-order valence-electron chi connectivity index (χ3n) is 5.39. The monoisotopic (exact) mass is 251 g/mol. The molecule has 0 radical (unpaired) electrons. The third-order valence-corrected chi connectivity index (χ3v) is 5.39. The van der Waals surface area contributed by atoms with E-state index in [1.54, 1.807) is 0 Å². The quantitative estimate of drug-likeness (QED) is 0.765. The smallest absolute Gasteiger partial charge is 0.0308 e. The second-order valence-corrected chi connectivity index (χ2v) is 6.77. The van der Waals surface area contributed by atoms with Crippen LogP contribution in [0.2, 0.25) is 0 Å². The highest BCUT2D eigenvalue weighted by Gasteiger charge is 2.38. The normalized spacial score (nSPS) is 31.8. The van der Waals surface area contributed by atoms with Crippen molar-refractivity contribution in [1.29, 1.82) is 0 Å². The maximum Gasteiger partial charge on any atom is 0.0308 e. The Morgan fingerprint density at radius 2 is 1.72 bits per heavy atom. The Morgan fingerprint density at radius 1 is 1.00 bits per heavy atom. The molecule has 2 saturated heterocycles. The molecular formula is C15H29N3. The van der Waals surface area contributed by atoms with E-state index in [2.05, 4.69) is 22.2 Å². The van der Waals surface area contributed by atoms with Crippen LogP contribution in [-0.4, -0.2) is 61.2 Å². The summed E-state index contributed by atoms with van der Waals surface area (Å²) in [4.78, 5) is 5.32. The van der Waals surface area contributed by atoms with Crippen molar-refractivity contribution < 1.29 is 0 Å². The van der Waals surface area contributed by atoms with Crippen molar-refractivity contribution in [1.82, 2.24) is 15.1 Å². The van der Waals surface area contributed by atoms with Crippen LogP contribution >= 0.6 is 0 Å². The Kier molecular flexibility index (Phi) is 3.92. The van der Waals surface area contributed by atoms with Gasteiger partial charge in [0.05, 0.1) is 0 Å². The minimum atomic E-state index is 0.486. The van der Waals surface area contributed by atoms with E-state index in [4.69, 9.17) is 0 Å². The van der Waals surface area contributed by atoms with Crippen LogP contribution in [-0.2, 0) is 0 Å². The summed E-state index contributed by atoms with van der Waals surface area (Å²) in [5.74, 6) is 0. The van der Waals surface area contributed by atoms with Crippen molar-refractivity contribution in [2.75, 3.05) is 39.8 Å². The SMILES string of the molecule is CN1CCC(N2CCCNC3(CCCC3)C2)CC1. The number of nitrogens with one attached hydrogen (secondary N) is 1. The number of hydrogen-bond acceptors (Lipinski definition) is 3. The topological polar surface area (TPSA) is 18.5 Å². The summed E-state index contributed by atoms with van der Waals surface area (Å²) in [7, 11) is 2.26. The van der Waals surface area contributed by atoms with E-state index >= 15 is 0 Å². The molecule has 0 bridgehead atoms. The molecule has 3 fully saturated rings. The Labute approximate surface area is 112 Å². The Morgan fingerprint density at radius 3 is 2.44 bits per heavy atom. The summed E-state index contributed by atoms with van der Waals surface area (Å²) in [5, 5.41) is 3.88. The van der Waals surface area contributed by atoms with Crippen molar-refractivity contribution in [2.45, 2.75) is 56.5 Å². The molecule has 2 heterocycles. The minimum absolute atomic E-state index is 0.486. The molecule has 18 heavy (non-hydrogen) atoms. The first kappa shape index (κ1) is 12.9. The summed E-state index contributed by atoms with van der Waals surface area (Å²) in [6, 6.07) is 0.860. The van der Waals surface area contributed by atoms with Gasteiger partial charge in [-0.2, -0.15) is 0 Å². The van der Waals surface area contributed by atoms with Gasteiger partial charge < -0.3 is 10.2 Å². The predicted octanol–water partition coefficient (Wildman–Crippen LogP) is 1.69. The fraction of sp³-hybridized carbons (Fsp3) is 1.00. The van der Waals surface area contributed by atoms with E-state index in [9.17, 15) is 0 Å². The van der Waals surface area contributed by atoms with E-state index in [0.717, 1.165) is 6.04 Å².